The summed E-state index contributed by atoms with van der Waals surface area (Å²) in [6.07, 6.45) is 0.746. The predicted octanol–water partition coefficient (Wildman–Crippen LogP) is 5.40. The third kappa shape index (κ3) is 7.40. The van der Waals surface area contributed by atoms with Crippen molar-refractivity contribution in [2.75, 3.05) is 17.4 Å². The number of carbonyl (C=O) groups is 2. The summed E-state index contributed by atoms with van der Waals surface area (Å²) in [5.41, 5.74) is 3.70. The van der Waals surface area contributed by atoms with Crippen molar-refractivity contribution in [3.63, 3.8) is 0 Å². The first-order valence-electron chi connectivity index (χ1n) is 12.9. The van der Waals surface area contributed by atoms with Crippen LogP contribution in [0.4, 0.5) is 5.69 Å². The van der Waals surface area contributed by atoms with Crippen LogP contribution in [0.15, 0.2) is 71.6 Å². The van der Waals surface area contributed by atoms with Gasteiger partial charge >= 0.3 is 0 Å². The largest absolute Gasteiger partial charge is 0.354 e. The average Bonchev–Trinajstić information content (AvgIpc) is 2.90. The molecule has 2 amide bonds. The molecule has 1 N–H and O–H groups in total. The number of sulfonamides is 1. The van der Waals surface area contributed by atoms with E-state index in [1.54, 1.807) is 49.4 Å². The molecule has 0 radical (unpaired) electrons. The van der Waals surface area contributed by atoms with E-state index in [9.17, 15) is 18.0 Å². The minimum absolute atomic E-state index is 0.0805. The SMILES string of the molecule is CCCNC(=O)C(C)N(Cc1cccc(Cl)c1)C(=O)CN(c1cccc(C)c1C)S(=O)(=O)c1ccc(C)cc1. The van der Waals surface area contributed by atoms with E-state index in [-0.39, 0.29) is 17.3 Å². The third-order valence-electron chi connectivity index (χ3n) is 6.69. The molecule has 0 spiro atoms. The zero-order chi connectivity index (χ0) is 28.7. The Kier molecular flexibility index (Phi) is 10.2. The Bertz CT molecular complexity index is 1420. The van der Waals surface area contributed by atoms with Gasteiger partial charge in [0.1, 0.15) is 12.6 Å². The molecule has 0 heterocycles. The molecule has 0 bridgehead atoms. The number of nitrogens with one attached hydrogen (secondary N) is 1. The van der Waals surface area contributed by atoms with Crippen molar-refractivity contribution in [2.45, 2.75) is 58.5 Å². The molecule has 9 heteroatoms. The summed E-state index contributed by atoms with van der Waals surface area (Å²) in [6.45, 7) is 9.26. The van der Waals surface area contributed by atoms with Gasteiger partial charge in [0, 0.05) is 18.1 Å². The Balaban J connectivity index is 2.06. The first-order valence-corrected chi connectivity index (χ1v) is 14.7. The van der Waals surface area contributed by atoms with E-state index in [0.717, 1.165) is 33.0 Å². The molecule has 39 heavy (non-hydrogen) atoms. The van der Waals surface area contributed by atoms with Gasteiger partial charge in [-0.3, -0.25) is 13.9 Å². The van der Waals surface area contributed by atoms with Crippen LogP contribution in [-0.4, -0.2) is 44.3 Å². The summed E-state index contributed by atoms with van der Waals surface area (Å²) in [5.74, 6) is -0.822. The predicted molar refractivity (Wildman–Crippen MR) is 156 cm³/mol. The van der Waals surface area contributed by atoms with Gasteiger partial charge in [0.15, 0.2) is 0 Å². The maximum absolute atomic E-state index is 14.0. The molecule has 7 nitrogen and oxygen atoms in total. The van der Waals surface area contributed by atoms with Crippen LogP contribution >= 0.6 is 11.6 Å². The van der Waals surface area contributed by atoms with Crippen molar-refractivity contribution < 1.29 is 18.0 Å². The van der Waals surface area contributed by atoms with Crippen molar-refractivity contribution in [1.29, 1.82) is 0 Å². The van der Waals surface area contributed by atoms with Crippen LogP contribution < -0.4 is 9.62 Å². The Morgan fingerprint density at radius 2 is 1.64 bits per heavy atom. The molecule has 0 aliphatic carbocycles. The van der Waals surface area contributed by atoms with Crippen LogP contribution in [0.3, 0.4) is 0 Å². The molecular weight excluding hydrogens is 534 g/mol. The van der Waals surface area contributed by atoms with Crippen molar-refractivity contribution in [1.82, 2.24) is 10.2 Å². The number of rotatable bonds is 11. The summed E-state index contributed by atoms with van der Waals surface area (Å²) in [5, 5.41) is 3.34. The Labute approximate surface area is 236 Å². The number of hydrogen-bond acceptors (Lipinski definition) is 4. The number of nitrogens with zero attached hydrogens (tertiary/aromatic N) is 2. The second kappa shape index (κ2) is 13.1. The highest BCUT2D eigenvalue weighted by Gasteiger charge is 2.33. The highest BCUT2D eigenvalue weighted by atomic mass is 35.5. The third-order valence-corrected chi connectivity index (χ3v) is 8.70. The van der Waals surface area contributed by atoms with Crippen molar-refractivity contribution in [3.05, 3.63) is 94.0 Å². The molecule has 208 valence electrons. The number of carbonyl (C=O) groups excluding carboxylic acids is 2. The van der Waals surface area contributed by atoms with Gasteiger partial charge in [-0.05, 0) is 81.1 Å². The first kappa shape index (κ1) is 30.2. The summed E-state index contributed by atoms with van der Waals surface area (Å²) < 4.78 is 29.1. The van der Waals surface area contributed by atoms with Crippen LogP contribution in [0, 0.1) is 20.8 Å². The van der Waals surface area contributed by atoms with Crippen molar-refractivity contribution in [2.24, 2.45) is 0 Å². The molecule has 0 aromatic heterocycles. The van der Waals surface area contributed by atoms with E-state index in [1.165, 1.54) is 17.0 Å². The fraction of sp³-hybridized carbons (Fsp3) is 0.333. The topological polar surface area (TPSA) is 86.8 Å². The maximum atomic E-state index is 14.0. The van der Waals surface area contributed by atoms with E-state index < -0.39 is 28.5 Å². The van der Waals surface area contributed by atoms with Crippen molar-refractivity contribution >= 4 is 39.1 Å². The Hall–Kier alpha value is -3.36. The van der Waals surface area contributed by atoms with Gasteiger partial charge in [0.25, 0.3) is 10.0 Å². The molecule has 1 unspecified atom stereocenters. The molecule has 3 aromatic rings. The number of benzene rings is 3. The summed E-state index contributed by atoms with van der Waals surface area (Å²) in [6, 6.07) is 18.1. The monoisotopic (exact) mass is 569 g/mol. The van der Waals surface area contributed by atoms with Gasteiger partial charge < -0.3 is 10.2 Å². The molecule has 0 aliphatic heterocycles. The zero-order valence-corrected chi connectivity index (χ0v) is 24.6. The number of halogens is 1. The van der Waals surface area contributed by atoms with E-state index in [0.29, 0.717) is 17.3 Å². The fourth-order valence-electron chi connectivity index (χ4n) is 4.17. The van der Waals surface area contributed by atoms with Gasteiger partial charge in [-0.25, -0.2) is 8.42 Å². The lowest BCUT2D eigenvalue weighted by Crippen LogP contribution is -2.51. The van der Waals surface area contributed by atoms with Gasteiger partial charge in [-0.2, -0.15) is 0 Å². The van der Waals surface area contributed by atoms with Crippen LogP contribution in [0.2, 0.25) is 5.02 Å². The normalized spacial score (nSPS) is 12.1. The van der Waals surface area contributed by atoms with Gasteiger partial charge in [0.2, 0.25) is 11.8 Å². The number of hydrogen-bond donors (Lipinski definition) is 1. The van der Waals surface area contributed by atoms with Gasteiger partial charge in [0.05, 0.1) is 10.6 Å². The number of anilines is 1. The smallest absolute Gasteiger partial charge is 0.264 e. The number of aryl methyl sites for hydroxylation is 2. The molecule has 0 saturated heterocycles. The average molecular weight is 570 g/mol. The quantitative estimate of drug-likeness (QED) is 0.335. The van der Waals surface area contributed by atoms with Crippen LogP contribution in [0.25, 0.3) is 0 Å². The summed E-state index contributed by atoms with van der Waals surface area (Å²) in [4.78, 5) is 28.4. The molecule has 3 aromatic carbocycles. The maximum Gasteiger partial charge on any atom is 0.264 e. The Morgan fingerprint density at radius 3 is 2.28 bits per heavy atom. The second-order valence-corrected chi connectivity index (χ2v) is 12.0. The molecule has 0 fully saturated rings. The van der Waals surface area contributed by atoms with E-state index in [2.05, 4.69) is 5.32 Å². The fourth-order valence-corrected chi connectivity index (χ4v) is 5.85. The second-order valence-electron chi connectivity index (χ2n) is 9.66. The lowest BCUT2D eigenvalue weighted by molar-refractivity contribution is -0.139. The molecule has 0 aliphatic rings. The standard InChI is InChI=1S/C30H36ClN3O4S/c1-6-17-32-30(36)24(5)33(19-25-10-8-11-26(31)18-25)29(35)20-34(28-12-7-9-22(3)23(28)4)39(37,38)27-15-13-21(2)14-16-27/h7-16,18,24H,6,17,19-20H2,1-5H3,(H,32,36). The Morgan fingerprint density at radius 1 is 0.974 bits per heavy atom. The first-order chi connectivity index (χ1) is 18.4. The van der Waals surface area contributed by atoms with Crippen molar-refractivity contribution in [3.8, 4) is 0 Å². The number of amides is 2. The molecule has 3 rings (SSSR count). The summed E-state index contributed by atoms with van der Waals surface area (Å²) in [7, 11) is -4.11. The van der Waals surface area contributed by atoms with E-state index in [1.807, 2.05) is 39.8 Å². The van der Waals surface area contributed by atoms with Gasteiger partial charge in [-0.15, -0.1) is 0 Å². The van der Waals surface area contributed by atoms with Crippen LogP contribution in [-0.2, 0) is 26.2 Å². The van der Waals surface area contributed by atoms with Crippen LogP contribution in [0.5, 0.6) is 0 Å². The zero-order valence-electron chi connectivity index (χ0n) is 23.1. The summed E-state index contributed by atoms with van der Waals surface area (Å²) >= 11 is 6.18. The highest BCUT2D eigenvalue weighted by Crippen LogP contribution is 2.29. The highest BCUT2D eigenvalue weighted by molar-refractivity contribution is 7.92. The van der Waals surface area contributed by atoms with E-state index >= 15 is 0 Å². The van der Waals surface area contributed by atoms with Gasteiger partial charge in [-0.1, -0.05) is 60.5 Å². The minimum atomic E-state index is -4.11. The molecule has 1 atom stereocenters. The lowest BCUT2D eigenvalue weighted by atomic mass is 10.1. The minimum Gasteiger partial charge on any atom is -0.354 e. The molecular formula is C30H36ClN3O4S. The van der Waals surface area contributed by atoms with E-state index in [4.69, 9.17) is 11.6 Å². The molecule has 0 saturated carbocycles. The van der Waals surface area contributed by atoms with Crippen LogP contribution in [0.1, 0.15) is 42.5 Å². The lowest BCUT2D eigenvalue weighted by Gasteiger charge is -2.32.